The minimum atomic E-state index is -4.69. The van der Waals surface area contributed by atoms with Crippen molar-refractivity contribution in [3.63, 3.8) is 0 Å². The second-order valence-corrected chi connectivity index (χ2v) is 6.36. The van der Waals surface area contributed by atoms with Crippen LogP contribution in [0.4, 0.5) is 9.57 Å². The molecule has 120 valence electrons. The molecule has 1 unspecified atom stereocenters. The Morgan fingerprint density at radius 1 is 1.50 bits per heavy atom. The third kappa shape index (κ3) is 3.35. The number of aromatic hydroxyl groups is 1. The van der Waals surface area contributed by atoms with Gasteiger partial charge in [0, 0.05) is 18.9 Å². The lowest BCUT2D eigenvalue weighted by Crippen LogP contribution is -2.25. The number of esters is 1. The second-order valence-electron chi connectivity index (χ2n) is 4.94. The highest BCUT2D eigenvalue weighted by molar-refractivity contribution is 7.86. The number of rotatable bonds is 4. The Morgan fingerprint density at radius 3 is 2.77 bits per heavy atom. The number of carbonyl (C=O) groups excluding carboxylic acids is 2. The number of halogens is 1. The lowest BCUT2D eigenvalue weighted by molar-refractivity contribution is -0.117. The second kappa shape index (κ2) is 5.91. The third-order valence-electron chi connectivity index (χ3n) is 3.35. The number of methoxy groups -OCH3 is 1. The van der Waals surface area contributed by atoms with Crippen LogP contribution in [0.5, 0.6) is 5.75 Å². The van der Waals surface area contributed by atoms with Crippen LogP contribution in [-0.2, 0) is 19.8 Å². The number of para-hydroxylation sites is 1. The molecule has 1 atom stereocenters. The van der Waals surface area contributed by atoms with Crippen molar-refractivity contribution in [3.8, 4) is 5.75 Å². The van der Waals surface area contributed by atoms with Gasteiger partial charge in [-0.25, -0.2) is 4.79 Å². The van der Waals surface area contributed by atoms with Gasteiger partial charge in [-0.15, -0.1) is 3.89 Å². The van der Waals surface area contributed by atoms with Crippen LogP contribution in [0.2, 0.25) is 0 Å². The summed E-state index contributed by atoms with van der Waals surface area (Å²) in [5, 5.41) is 10.1. The van der Waals surface area contributed by atoms with E-state index in [2.05, 4.69) is 4.74 Å². The Balaban J connectivity index is 2.29. The number of amides is 1. The minimum absolute atomic E-state index is 0.0554. The highest BCUT2D eigenvalue weighted by atomic mass is 32.3. The van der Waals surface area contributed by atoms with Gasteiger partial charge in [-0.2, -0.15) is 8.42 Å². The van der Waals surface area contributed by atoms with Crippen LogP contribution in [0, 0.1) is 5.92 Å². The minimum Gasteiger partial charge on any atom is -0.505 e. The molecule has 1 aromatic rings. The van der Waals surface area contributed by atoms with Gasteiger partial charge < -0.3 is 14.7 Å². The van der Waals surface area contributed by atoms with Gasteiger partial charge in [0.1, 0.15) is 5.56 Å². The average Bonchev–Trinajstić information content (AvgIpc) is 2.76. The molecule has 0 radical (unpaired) electrons. The smallest absolute Gasteiger partial charge is 0.341 e. The van der Waals surface area contributed by atoms with E-state index in [0.29, 0.717) is 0 Å². The fraction of sp³-hybridized carbons (Fsp3) is 0.385. The maximum absolute atomic E-state index is 12.7. The highest BCUT2D eigenvalue weighted by Crippen LogP contribution is 2.35. The SMILES string of the molecule is COC(=O)c1cccc(N2CC(CS(=O)(=O)F)CC2=O)c1O. The summed E-state index contributed by atoms with van der Waals surface area (Å²) in [7, 11) is -3.54. The first-order valence-electron chi connectivity index (χ1n) is 6.36. The molecule has 1 aliphatic rings. The molecule has 7 nitrogen and oxygen atoms in total. The molecular formula is C13H14FNO6S. The number of benzene rings is 1. The Kier molecular flexibility index (Phi) is 4.36. The summed E-state index contributed by atoms with van der Waals surface area (Å²) in [4.78, 5) is 24.6. The van der Waals surface area contributed by atoms with Crippen LogP contribution in [-0.4, -0.2) is 44.8 Å². The number of anilines is 1. The summed E-state index contributed by atoms with van der Waals surface area (Å²) in [6, 6.07) is 4.19. The van der Waals surface area contributed by atoms with E-state index in [1.54, 1.807) is 0 Å². The number of nitrogens with zero attached hydrogens (tertiary/aromatic N) is 1. The Bertz CT molecular complexity index is 717. The van der Waals surface area contributed by atoms with Gasteiger partial charge in [0.15, 0.2) is 5.75 Å². The summed E-state index contributed by atoms with van der Waals surface area (Å²) < 4.78 is 38.6. The Morgan fingerprint density at radius 2 is 2.18 bits per heavy atom. The van der Waals surface area contributed by atoms with E-state index in [1.165, 1.54) is 18.2 Å². The number of hydrogen-bond donors (Lipinski definition) is 1. The van der Waals surface area contributed by atoms with Crippen LogP contribution >= 0.6 is 0 Å². The first kappa shape index (κ1) is 16.2. The molecule has 0 aromatic heterocycles. The van der Waals surface area contributed by atoms with Crippen LogP contribution < -0.4 is 4.90 Å². The van der Waals surface area contributed by atoms with Crippen molar-refractivity contribution in [2.24, 2.45) is 5.92 Å². The standard InChI is InChI=1S/C13H14FNO6S/c1-21-13(18)9-3-2-4-10(12(9)17)15-6-8(5-11(15)16)7-22(14,19)20/h2-4,8,17H,5-7H2,1H3. The van der Waals surface area contributed by atoms with E-state index in [9.17, 15) is 27.0 Å². The van der Waals surface area contributed by atoms with Gasteiger partial charge in [-0.3, -0.25) is 4.79 Å². The zero-order valence-electron chi connectivity index (χ0n) is 11.7. The van der Waals surface area contributed by atoms with Crippen LogP contribution in [0.15, 0.2) is 18.2 Å². The van der Waals surface area contributed by atoms with Gasteiger partial charge in [0.05, 0.1) is 18.6 Å². The molecule has 0 aliphatic carbocycles. The fourth-order valence-electron chi connectivity index (χ4n) is 2.43. The number of phenolic OH excluding ortho intramolecular Hbond substituents is 1. The van der Waals surface area contributed by atoms with E-state index in [4.69, 9.17) is 0 Å². The molecule has 1 heterocycles. The normalized spacial score (nSPS) is 18.5. The molecule has 0 bridgehead atoms. The zero-order chi connectivity index (χ0) is 16.5. The Hall–Kier alpha value is -2.16. The molecule has 1 aliphatic heterocycles. The van der Waals surface area contributed by atoms with Crippen molar-refractivity contribution in [2.45, 2.75) is 6.42 Å². The first-order valence-corrected chi connectivity index (χ1v) is 7.91. The van der Waals surface area contributed by atoms with Crippen molar-refractivity contribution in [1.29, 1.82) is 0 Å². The molecular weight excluding hydrogens is 317 g/mol. The van der Waals surface area contributed by atoms with Crippen LogP contribution in [0.3, 0.4) is 0 Å². The summed E-state index contributed by atoms with van der Waals surface area (Å²) in [6.07, 6.45) is -0.148. The maximum atomic E-state index is 12.7. The number of ether oxygens (including phenoxy) is 1. The molecule has 1 saturated heterocycles. The van der Waals surface area contributed by atoms with Crippen molar-refractivity contribution in [2.75, 3.05) is 24.3 Å². The maximum Gasteiger partial charge on any atom is 0.341 e. The van der Waals surface area contributed by atoms with Crippen molar-refractivity contribution < 1.29 is 31.7 Å². The molecule has 1 N–H and O–H groups in total. The van der Waals surface area contributed by atoms with Gasteiger partial charge >= 0.3 is 16.2 Å². The van der Waals surface area contributed by atoms with E-state index in [1.807, 2.05) is 0 Å². The van der Waals surface area contributed by atoms with Gasteiger partial charge in [0.25, 0.3) is 0 Å². The lowest BCUT2D eigenvalue weighted by Gasteiger charge is -2.19. The third-order valence-corrected chi connectivity index (χ3v) is 4.22. The molecule has 22 heavy (non-hydrogen) atoms. The van der Waals surface area contributed by atoms with Gasteiger partial charge in [-0.05, 0) is 12.1 Å². The molecule has 1 fully saturated rings. The molecule has 1 amide bonds. The van der Waals surface area contributed by atoms with Gasteiger partial charge in [0.2, 0.25) is 5.91 Å². The first-order chi connectivity index (χ1) is 10.2. The summed E-state index contributed by atoms with van der Waals surface area (Å²) in [5.74, 6) is -3.12. The number of carbonyl (C=O) groups is 2. The lowest BCUT2D eigenvalue weighted by atomic mass is 10.1. The molecule has 0 spiro atoms. The molecule has 2 rings (SSSR count). The predicted molar refractivity (Wildman–Crippen MR) is 74.8 cm³/mol. The topological polar surface area (TPSA) is 101 Å². The monoisotopic (exact) mass is 331 g/mol. The van der Waals surface area contributed by atoms with E-state index >= 15 is 0 Å². The zero-order valence-corrected chi connectivity index (χ0v) is 12.5. The largest absolute Gasteiger partial charge is 0.505 e. The summed E-state index contributed by atoms with van der Waals surface area (Å²) in [5.41, 5.74) is -0.0546. The van der Waals surface area contributed by atoms with Crippen LogP contribution in [0.1, 0.15) is 16.8 Å². The van der Waals surface area contributed by atoms with E-state index in [0.717, 1.165) is 12.0 Å². The molecule has 0 saturated carbocycles. The fourth-order valence-corrected chi connectivity index (χ4v) is 3.22. The van der Waals surface area contributed by atoms with Gasteiger partial charge in [-0.1, -0.05) is 6.07 Å². The average molecular weight is 331 g/mol. The molecule has 1 aromatic carbocycles. The summed E-state index contributed by atoms with van der Waals surface area (Å²) >= 11 is 0. The number of phenols is 1. The van der Waals surface area contributed by atoms with Crippen molar-refractivity contribution in [1.82, 2.24) is 0 Å². The van der Waals surface area contributed by atoms with E-state index in [-0.39, 0.29) is 24.2 Å². The number of hydrogen-bond acceptors (Lipinski definition) is 6. The van der Waals surface area contributed by atoms with Crippen LogP contribution in [0.25, 0.3) is 0 Å². The van der Waals surface area contributed by atoms with Crippen molar-refractivity contribution in [3.05, 3.63) is 23.8 Å². The quantitative estimate of drug-likeness (QED) is 0.648. The summed E-state index contributed by atoms with van der Waals surface area (Å²) in [6.45, 7) is -0.0554. The van der Waals surface area contributed by atoms with E-state index < -0.39 is 39.5 Å². The molecule has 9 heteroatoms. The predicted octanol–water partition coefficient (Wildman–Crippen LogP) is 0.831. The Labute approximate surface area is 126 Å². The van der Waals surface area contributed by atoms with Crippen molar-refractivity contribution >= 4 is 27.8 Å². The highest BCUT2D eigenvalue weighted by Gasteiger charge is 2.35.